The van der Waals surface area contributed by atoms with E-state index in [9.17, 15) is 4.79 Å². The molecule has 0 spiro atoms. The van der Waals surface area contributed by atoms with Gasteiger partial charge in [0, 0.05) is 13.6 Å². The first-order chi connectivity index (χ1) is 7.56. The number of carbonyl (C=O) groups is 1. The lowest BCUT2D eigenvalue weighted by Gasteiger charge is -2.08. The third kappa shape index (κ3) is 2.93. The lowest BCUT2D eigenvalue weighted by Crippen LogP contribution is -2.31. The predicted octanol–water partition coefficient (Wildman–Crippen LogP) is 0.586. The van der Waals surface area contributed by atoms with Crippen molar-refractivity contribution >= 4 is 29.1 Å². The first-order valence-corrected chi connectivity index (χ1v) is 5.33. The summed E-state index contributed by atoms with van der Waals surface area (Å²) in [6.07, 6.45) is 2.40. The minimum atomic E-state index is -0.289. The van der Waals surface area contributed by atoms with Crippen molar-refractivity contribution in [2.24, 2.45) is 12.8 Å². The van der Waals surface area contributed by atoms with Gasteiger partial charge < -0.3 is 11.1 Å². The summed E-state index contributed by atoms with van der Waals surface area (Å²) >= 11 is 4.86. The molecule has 0 radical (unpaired) electrons. The third-order valence-electron chi connectivity index (χ3n) is 1.97. The van der Waals surface area contributed by atoms with Crippen molar-refractivity contribution in [1.82, 2.24) is 15.1 Å². The van der Waals surface area contributed by atoms with Gasteiger partial charge >= 0.3 is 6.03 Å². The van der Waals surface area contributed by atoms with E-state index in [1.807, 2.05) is 6.92 Å². The Balaban J connectivity index is 2.76. The largest absolute Gasteiger partial charge is 0.389 e. The van der Waals surface area contributed by atoms with Crippen molar-refractivity contribution in [1.29, 1.82) is 0 Å². The molecule has 0 fully saturated rings. The van der Waals surface area contributed by atoms with Gasteiger partial charge in [-0.3, -0.25) is 10.00 Å². The second-order valence-corrected chi connectivity index (χ2v) is 3.72. The molecule has 0 unspecified atom stereocenters. The number of thiocarbonyl (C=S) groups is 1. The van der Waals surface area contributed by atoms with E-state index in [0.29, 0.717) is 17.9 Å². The molecule has 1 aromatic heterocycles. The maximum absolute atomic E-state index is 11.4. The van der Waals surface area contributed by atoms with Crippen LogP contribution in [0.1, 0.15) is 18.9 Å². The summed E-state index contributed by atoms with van der Waals surface area (Å²) in [5, 5.41) is 9.32. The Labute approximate surface area is 99.2 Å². The molecule has 0 atom stereocenters. The van der Waals surface area contributed by atoms with Crippen LogP contribution >= 0.6 is 12.2 Å². The number of hydrogen-bond donors (Lipinski definition) is 3. The number of urea groups is 1. The van der Waals surface area contributed by atoms with Crippen LogP contribution in [0.4, 0.5) is 10.6 Å². The number of carbonyl (C=O) groups excluding carboxylic acids is 1. The number of nitrogens with two attached hydrogens (primary N) is 1. The first-order valence-electron chi connectivity index (χ1n) is 4.93. The summed E-state index contributed by atoms with van der Waals surface area (Å²) in [6, 6.07) is -0.289. The Kier molecular flexibility index (Phi) is 4.24. The summed E-state index contributed by atoms with van der Waals surface area (Å²) in [5.74, 6) is 0.501. The molecule has 0 bridgehead atoms. The Morgan fingerprint density at radius 3 is 2.94 bits per heavy atom. The highest BCUT2D eigenvalue weighted by Gasteiger charge is 2.12. The predicted molar refractivity (Wildman–Crippen MR) is 66.4 cm³/mol. The molecular weight excluding hydrogens is 226 g/mol. The van der Waals surface area contributed by atoms with E-state index in [-0.39, 0.29) is 11.0 Å². The van der Waals surface area contributed by atoms with Crippen LogP contribution < -0.4 is 16.4 Å². The van der Waals surface area contributed by atoms with E-state index in [2.05, 4.69) is 15.7 Å². The van der Waals surface area contributed by atoms with Crippen LogP contribution in [-0.4, -0.2) is 27.3 Å². The van der Waals surface area contributed by atoms with Gasteiger partial charge in [-0.1, -0.05) is 19.1 Å². The zero-order chi connectivity index (χ0) is 12.1. The van der Waals surface area contributed by atoms with E-state index >= 15 is 0 Å². The van der Waals surface area contributed by atoms with Crippen LogP contribution in [0.5, 0.6) is 0 Å². The molecule has 7 heteroatoms. The van der Waals surface area contributed by atoms with Crippen LogP contribution in [-0.2, 0) is 7.05 Å². The summed E-state index contributed by atoms with van der Waals surface area (Å²) in [4.78, 5) is 11.7. The van der Waals surface area contributed by atoms with Crippen molar-refractivity contribution < 1.29 is 4.79 Å². The summed E-state index contributed by atoms with van der Waals surface area (Å²) in [7, 11) is 1.71. The molecule has 4 N–H and O–H groups in total. The minimum Gasteiger partial charge on any atom is -0.389 e. The number of aromatic nitrogens is 2. The van der Waals surface area contributed by atoms with Gasteiger partial charge in [-0.05, 0) is 6.42 Å². The number of aryl methyl sites for hydroxylation is 1. The molecule has 1 heterocycles. The second-order valence-electron chi connectivity index (χ2n) is 3.28. The van der Waals surface area contributed by atoms with Gasteiger partial charge in [0.05, 0.1) is 11.8 Å². The smallest absolute Gasteiger partial charge is 0.320 e. The highest BCUT2D eigenvalue weighted by Crippen LogP contribution is 2.13. The number of amides is 2. The van der Waals surface area contributed by atoms with E-state index in [1.54, 1.807) is 7.05 Å². The molecule has 2 amide bonds. The maximum Gasteiger partial charge on any atom is 0.320 e. The fraction of sp³-hybridized carbons (Fsp3) is 0.444. The van der Waals surface area contributed by atoms with E-state index in [4.69, 9.17) is 18.0 Å². The highest BCUT2D eigenvalue weighted by atomic mass is 32.1. The number of hydrogen-bond acceptors (Lipinski definition) is 3. The fourth-order valence-electron chi connectivity index (χ4n) is 1.16. The zero-order valence-electron chi connectivity index (χ0n) is 9.28. The first kappa shape index (κ1) is 12.4. The van der Waals surface area contributed by atoms with Crippen molar-refractivity contribution in [2.75, 3.05) is 11.9 Å². The molecular formula is C9H15N5OS. The molecule has 0 saturated carbocycles. The normalized spacial score (nSPS) is 9.88. The average Bonchev–Trinajstić information content (AvgIpc) is 2.58. The Morgan fingerprint density at radius 2 is 2.38 bits per heavy atom. The Bertz CT molecular complexity index is 401. The van der Waals surface area contributed by atoms with Gasteiger partial charge in [-0.15, -0.1) is 0 Å². The zero-order valence-corrected chi connectivity index (χ0v) is 10.1. The molecule has 0 saturated heterocycles. The second kappa shape index (κ2) is 5.45. The van der Waals surface area contributed by atoms with Gasteiger partial charge in [0.1, 0.15) is 10.8 Å². The van der Waals surface area contributed by atoms with Crippen molar-refractivity contribution in [3.63, 3.8) is 0 Å². The topological polar surface area (TPSA) is 85.0 Å². The summed E-state index contributed by atoms with van der Waals surface area (Å²) in [6.45, 7) is 2.59. The van der Waals surface area contributed by atoms with E-state index < -0.39 is 0 Å². The van der Waals surface area contributed by atoms with E-state index in [1.165, 1.54) is 10.9 Å². The Hall–Kier alpha value is -1.63. The van der Waals surface area contributed by atoms with Crippen LogP contribution in [0.25, 0.3) is 0 Å². The number of rotatable bonds is 4. The van der Waals surface area contributed by atoms with Crippen molar-refractivity contribution in [2.45, 2.75) is 13.3 Å². The van der Waals surface area contributed by atoms with Crippen LogP contribution in [0.3, 0.4) is 0 Å². The third-order valence-corrected chi connectivity index (χ3v) is 2.19. The molecule has 0 aliphatic rings. The van der Waals surface area contributed by atoms with Crippen molar-refractivity contribution in [3.05, 3.63) is 11.8 Å². The van der Waals surface area contributed by atoms with Gasteiger partial charge in [0.2, 0.25) is 0 Å². The SMILES string of the molecule is CCCNC(=O)Nc1c(C(N)=S)cnn1C. The van der Waals surface area contributed by atoms with Gasteiger partial charge in [0.15, 0.2) is 0 Å². The molecule has 1 aromatic rings. The molecule has 0 aromatic carbocycles. The minimum absolute atomic E-state index is 0.207. The van der Waals surface area contributed by atoms with E-state index in [0.717, 1.165) is 6.42 Å². The number of nitrogens with one attached hydrogen (secondary N) is 2. The molecule has 0 aliphatic heterocycles. The Morgan fingerprint density at radius 1 is 1.69 bits per heavy atom. The lowest BCUT2D eigenvalue weighted by molar-refractivity contribution is 0.252. The summed E-state index contributed by atoms with van der Waals surface area (Å²) in [5.41, 5.74) is 6.07. The molecule has 16 heavy (non-hydrogen) atoms. The highest BCUT2D eigenvalue weighted by molar-refractivity contribution is 7.80. The van der Waals surface area contributed by atoms with Crippen LogP contribution in [0.2, 0.25) is 0 Å². The van der Waals surface area contributed by atoms with Gasteiger partial charge in [-0.2, -0.15) is 5.10 Å². The quantitative estimate of drug-likeness (QED) is 0.673. The van der Waals surface area contributed by atoms with Crippen LogP contribution in [0, 0.1) is 0 Å². The fourth-order valence-corrected chi connectivity index (χ4v) is 1.31. The van der Waals surface area contributed by atoms with Gasteiger partial charge in [-0.25, -0.2) is 4.79 Å². The lowest BCUT2D eigenvalue weighted by atomic mass is 10.3. The van der Waals surface area contributed by atoms with Crippen LogP contribution in [0.15, 0.2) is 6.20 Å². The van der Waals surface area contributed by atoms with Gasteiger partial charge in [0.25, 0.3) is 0 Å². The molecule has 0 aliphatic carbocycles. The number of anilines is 1. The maximum atomic E-state index is 11.4. The molecule has 1 rings (SSSR count). The number of nitrogens with zero attached hydrogens (tertiary/aromatic N) is 2. The monoisotopic (exact) mass is 241 g/mol. The van der Waals surface area contributed by atoms with Crippen molar-refractivity contribution in [3.8, 4) is 0 Å². The summed E-state index contributed by atoms with van der Waals surface area (Å²) < 4.78 is 1.51. The molecule has 88 valence electrons. The standard InChI is InChI=1S/C9H15N5OS/c1-3-4-11-9(15)13-8-6(7(10)16)5-12-14(8)2/h5H,3-4H2,1-2H3,(H2,10,16)(H2,11,13,15). The molecule has 6 nitrogen and oxygen atoms in total. The average molecular weight is 241 g/mol.